The third-order valence-corrected chi connectivity index (χ3v) is 3.80. The summed E-state index contributed by atoms with van der Waals surface area (Å²) in [5.74, 6) is 1.15. The lowest BCUT2D eigenvalue weighted by atomic mass is 10.1. The van der Waals surface area contributed by atoms with Crippen molar-refractivity contribution >= 4 is 5.97 Å². The van der Waals surface area contributed by atoms with Crippen LogP contribution in [0.3, 0.4) is 0 Å². The van der Waals surface area contributed by atoms with E-state index in [1.54, 1.807) is 12.1 Å². The molecular formula is C17H18O4. The second-order valence-electron chi connectivity index (χ2n) is 5.24. The Labute approximate surface area is 123 Å². The third-order valence-electron chi connectivity index (χ3n) is 3.80. The summed E-state index contributed by atoms with van der Waals surface area (Å²) in [6.07, 6.45) is 3.23. The average Bonchev–Trinajstić information content (AvgIpc) is 3.14. The summed E-state index contributed by atoms with van der Waals surface area (Å²) >= 11 is 0. The normalized spacial score (nSPS) is 14.6. The van der Waals surface area contributed by atoms with Gasteiger partial charge in [0.25, 0.3) is 0 Å². The summed E-state index contributed by atoms with van der Waals surface area (Å²) in [7, 11) is 1.33. The van der Waals surface area contributed by atoms with Gasteiger partial charge in [-0.3, -0.25) is 0 Å². The highest BCUT2D eigenvalue weighted by Gasteiger charge is 2.17. The number of rotatable bonds is 4. The van der Waals surface area contributed by atoms with Gasteiger partial charge in [0.05, 0.1) is 7.11 Å². The van der Waals surface area contributed by atoms with Gasteiger partial charge in [0.15, 0.2) is 6.10 Å². The van der Waals surface area contributed by atoms with Crippen LogP contribution in [0.1, 0.15) is 46.9 Å². The lowest BCUT2D eigenvalue weighted by Gasteiger charge is -2.13. The van der Waals surface area contributed by atoms with Crippen molar-refractivity contribution in [1.82, 2.24) is 0 Å². The Morgan fingerprint density at radius 1 is 1.19 bits per heavy atom. The maximum atomic E-state index is 11.4. The van der Waals surface area contributed by atoms with E-state index < -0.39 is 5.97 Å². The van der Waals surface area contributed by atoms with Gasteiger partial charge < -0.3 is 13.9 Å². The van der Waals surface area contributed by atoms with Crippen LogP contribution in [0, 0.1) is 0 Å². The SMILES string of the molecule is COC(=O)c1ccc(C(C)Oc2ccc3c(c2)CCC3)o1. The van der Waals surface area contributed by atoms with Crippen molar-refractivity contribution in [3.8, 4) is 5.75 Å². The molecule has 3 rings (SSSR count). The lowest BCUT2D eigenvalue weighted by molar-refractivity contribution is 0.0558. The molecule has 1 unspecified atom stereocenters. The van der Waals surface area contributed by atoms with Crippen LogP contribution in [0.15, 0.2) is 34.7 Å². The Hall–Kier alpha value is -2.23. The molecular weight excluding hydrogens is 268 g/mol. The topological polar surface area (TPSA) is 48.7 Å². The van der Waals surface area contributed by atoms with Crippen molar-refractivity contribution in [1.29, 1.82) is 0 Å². The second-order valence-corrected chi connectivity index (χ2v) is 5.24. The molecule has 110 valence electrons. The molecule has 1 aromatic heterocycles. The summed E-state index contributed by atoms with van der Waals surface area (Å²) in [6.45, 7) is 1.90. The Balaban J connectivity index is 1.72. The average molecular weight is 286 g/mol. The zero-order chi connectivity index (χ0) is 14.8. The molecule has 0 N–H and O–H groups in total. The largest absolute Gasteiger partial charge is 0.483 e. The van der Waals surface area contributed by atoms with E-state index in [0.717, 1.165) is 18.6 Å². The molecule has 4 heteroatoms. The predicted molar refractivity (Wildman–Crippen MR) is 77.6 cm³/mol. The van der Waals surface area contributed by atoms with Gasteiger partial charge in [0.1, 0.15) is 11.5 Å². The molecule has 0 bridgehead atoms. The van der Waals surface area contributed by atoms with Crippen molar-refractivity contribution in [3.63, 3.8) is 0 Å². The van der Waals surface area contributed by atoms with Gasteiger partial charge in [0.2, 0.25) is 5.76 Å². The van der Waals surface area contributed by atoms with E-state index >= 15 is 0 Å². The highest BCUT2D eigenvalue weighted by molar-refractivity contribution is 5.86. The fourth-order valence-electron chi connectivity index (χ4n) is 2.67. The number of hydrogen-bond acceptors (Lipinski definition) is 4. The van der Waals surface area contributed by atoms with Crippen LogP contribution in [0.5, 0.6) is 5.75 Å². The smallest absolute Gasteiger partial charge is 0.373 e. The summed E-state index contributed by atoms with van der Waals surface area (Å²) in [5.41, 5.74) is 2.79. The Morgan fingerprint density at radius 2 is 2.00 bits per heavy atom. The number of furan rings is 1. The number of benzene rings is 1. The van der Waals surface area contributed by atoms with E-state index in [9.17, 15) is 4.79 Å². The first-order valence-corrected chi connectivity index (χ1v) is 7.14. The van der Waals surface area contributed by atoms with Gasteiger partial charge in [-0.2, -0.15) is 0 Å². The maximum absolute atomic E-state index is 11.4. The van der Waals surface area contributed by atoms with Crippen LogP contribution in [0.2, 0.25) is 0 Å². The minimum atomic E-state index is -0.481. The fourth-order valence-corrected chi connectivity index (χ4v) is 2.67. The number of esters is 1. The number of hydrogen-bond donors (Lipinski definition) is 0. The number of methoxy groups -OCH3 is 1. The number of carbonyl (C=O) groups excluding carboxylic acids is 1. The number of carbonyl (C=O) groups is 1. The van der Waals surface area contributed by atoms with E-state index in [-0.39, 0.29) is 11.9 Å². The van der Waals surface area contributed by atoms with Gasteiger partial charge >= 0.3 is 5.97 Å². The van der Waals surface area contributed by atoms with Crippen LogP contribution in [-0.4, -0.2) is 13.1 Å². The van der Waals surface area contributed by atoms with Crippen LogP contribution in [0.4, 0.5) is 0 Å². The molecule has 1 aromatic carbocycles. The molecule has 0 saturated carbocycles. The molecule has 21 heavy (non-hydrogen) atoms. The maximum Gasteiger partial charge on any atom is 0.373 e. The van der Waals surface area contributed by atoms with Crippen molar-refractivity contribution < 1.29 is 18.7 Å². The molecule has 0 fully saturated rings. The minimum absolute atomic E-state index is 0.192. The molecule has 1 aliphatic rings. The molecule has 1 heterocycles. The monoisotopic (exact) mass is 286 g/mol. The van der Waals surface area contributed by atoms with E-state index in [0.29, 0.717) is 5.76 Å². The first-order valence-electron chi connectivity index (χ1n) is 7.14. The van der Waals surface area contributed by atoms with E-state index in [4.69, 9.17) is 9.15 Å². The van der Waals surface area contributed by atoms with E-state index in [1.807, 2.05) is 13.0 Å². The fraction of sp³-hybridized carbons (Fsp3) is 0.353. The second kappa shape index (κ2) is 5.64. The molecule has 0 radical (unpaired) electrons. The summed E-state index contributed by atoms with van der Waals surface area (Å²) in [4.78, 5) is 11.4. The highest BCUT2D eigenvalue weighted by atomic mass is 16.5. The molecule has 1 aliphatic carbocycles. The van der Waals surface area contributed by atoms with E-state index in [1.165, 1.54) is 24.7 Å². The van der Waals surface area contributed by atoms with Gasteiger partial charge in [-0.05, 0) is 61.6 Å². The Bertz CT molecular complexity index is 657. The van der Waals surface area contributed by atoms with Crippen LogP contribution in [0.25, 0.3) is 0 Å². The third kappa shape index (κ3) is 2.79. The first-order chi connectivity index (χ1) is 10.2. The van der Waals surface area contributed by atoms with Crippen LogP contribution < -0.4 is 4.74 Å². The molecule has 0 spiro atoms. The highest BCUT2D eigenvalue weighted by Crippen LogP contribution is 2.29. The zero-order valence-electron chi connectivity index (χ0n) is 12.2. The Morgan fingerprint density at radius 3 is 2.81 bits per heavy atom. The van der Waals surface area contributed by atoms with Crippen molar-refractivity contribution in [3.05, 3.63) is 53.0 Å². The molecule has 4 nitrogen and oxygen atoms in total. The quantitative estimate of drug-likeness (QED) is 0.804. The molecule has 1 atom stereocenters. The molecule has 2 aromatic rings. The van der Waals surface area contributed by atoms with Crippen molar-refractivity contribution in [2.75, 3.05) is 7.11 Å². The van der Waals surface area contributed by atoms with Gasteiger partial charge in [-0.15, -0.1) is 0 Å². The standard InChI is InChI=1S/C17H18O4/c1-11(15-8-9-16(21-15)17(18)19-2)20-14-7-6-12-4-3-5-13(12)10-14/h6-11H,3-5H2,1-2H3. The van der Waals surface area contributed by atoms with Gasteiger partial charge in [-0.25, -0.2) is 4.79 Å². The summed E-state index contributed by atoms with van der Waals surface area (Å²) < 4.78 is 16.0. The summed E-state index contributed by atoms with van der Waals surface area (Å²) in [5, 5.41) is 0. The summed E-state index contributed by atoms with van der Waals surface area (Å²) in [6, 6.07) is 9.56. The first kappa shape index (κ1) is 13.7. The van der Waals surface area contributed by atoms with Crippen LogP contribution >= 0.6 is 0 Å². The van der Waals surface area contributed by atoms with Crippen molar-refractivity contribution in [2.45, 2.75) is 32.3 Å². The molecule has 0 saturated heterocycles. The van der Waals surface area contributed by atoms with Crippen LogP contribution in [-0.2, 0) is 17.6 Å². The number of fused-ring (bicyclic) bond motifs is 1. The molecule has 0 aliphatic heterocycles. The Kier molecular flexibility index (Phi) is 3.69. The predicted octanol–water partition coefficient (Wildman–Crippen LogP) is 3.69. The lowest BCUT2D eigenvalue weighted by Crippen LogP contribution is -2.03. The number of aryl methyl sites for hydroxylation is 2. The van der Waals surface area contributed by atoms with E-state index in [2.05, 4.69) is 16.9 Å². The zero-order valence-corrected chi connectivity index (χ0v) is 12.2. The minimum Gasteiger partial charge on any atom is -0.483 e. The molecule has 0 amide bonds. The number of ether oxygens (including phenoxy) is 2. The van der Waals surface area contributed by atoms with Gasteiger partial charge in [-0.1, -0.05) is 6.07 Å². The van der Waals surface area contributed by atoms with Crippen molar-refractivity contribution in [2.24, 2.45) is 0 Å². The van der Waals surface area contributed by atoms with Gasteiger partial charge in [0, 0.05) is 0 Å².